The second-order valence-corrected chi connectivity index (χ2v) is 8.53. The van der Waals surface area contributed by atoms with E-state index in [1.807, 2.05) is 63.1 Å². The molecule has 0 fully saturated rings. The van der Waals surface area contributed by atoms with E-state index in [4.69, 9.17) is 4.74 Å². The number of nitrogens with one attached hydrogen (secondary N) is 2. The van der Waals surface area contributed by atoms with Gasteiger partial charge in [-0.15, -0.1) is 0 Å². The zero-order valence-electron chi connectivity index (χ0n) is 17.7. The van der Waals surface area contributed by atoms with Gasteiger partial charge in [0.15, 0.2) is 5.82 Å². The van der Waals surface area contributed by atoms with Crippen LogP contribution in [-0.4, -0.2) is 31.4 Å². The van der Waals surface area contributed by atoms with Gasteiger partial charge in [-0.25, -0.2) is 4.98 Å². The maximum atomic E-state index is 12.0. The maximum Gasteiger partial charge on any atom is 0.248 e. The molecule has 1 aliphatic rings. The molecule has 2 aromatic heterocycles. The van der Waals surface area contributed by atoms with Crippen LogP contribution in [0.2, 0.25) is 0 Å². The monoisotopic (exact) mass is 436 g/mol. The number of carbonyl (C=O) groups excluding carboxylic acids is 1. The Balaban J connectivity index is 1.60. The van der Waals surface area contributed by atoms with Crippen LogP contribution in [0.25, 0.3) is 0 Å². The van der Waals surface area contributed by atoms with E-state index in [9.17, 15) is 4.79 Å². The highest BCUT2D eigenvalue weighted by Crippen LogP contribution is 2.34. The Kier molecular flexibility index (Phi) is 6.22. The smallest absolute Gasteiger partial charge is 0.248 e. The highest BCUT2D eigenvalue weighted by molar-refractivity contribution is 7.98. The Morgan fingerprint density at radius 3 is 2.90 bits per heavy atom. The normalized spacial score (nSPS) is 12.6. The number of fused-ring (bicyclic) bond motifs is 1. The van der Waals surface area contributed by atoms with Gasteiger partial charge in [0.1, 0.15) is 5.75 Å². The van der Waals surface area contributed by atoms with Gasteiger partial charge in [0.2, 0.25) is 17.7 Å². The lowest BCUT2D eigenvalue weighted by Crippen LogP contribution is -2.11. The Bertz CT molecular complexity index is 1140. The quantitative estimate of drug-likeness (QED) is 0.552. The van der Waals surface area contributed by atoms with Crippen molar-refractivity contribution in [2.24, 2.45) is 7.05 Å². The highest BCUT2D eigenvalue weighted by Gasteiger charge is 2.20. The molecule has 0 saturated carbocycles. The summed E-state index contributed by atoms with van der Waals surface area (Å²) < 4.78 is 7.88. The highest BCUT2D eigenvalue weighted by atomic mass is 32.2. The fraction of sp³-hybridized carbons (Fsp3) is 0.273. The molecule has 0 saturated heterocycles. The van der Waals surface area contributed by atoms with Crippen LogP contribution < -0.4 is 15.4 Å². The summed E-state index contributed by atoms with van der Waals surface area (Å²) in [5, 5.41) is 10.3. The first-order valence-electron chi connectivity index (χ1n) is 9.94. The summed E-state index contributed by atoms with van der Waals surface area (Å²) in [4.78, 5) is 21.3. The molecule has 3 heterocycles. The fourth-order valence-corrected chi connectivity index (χ4v) is 4.10. The number of anilines is 3. The van der Waals surface area contributed by atoms with Gasteiger partial charge in [-0.05, 0) is 38.2 Å². The fourth-order valence-electron chi connectivity index (χ4n) is 3.13. The van der Waals surface area contributed by atoms with Gasteiger partial charge < -0.3 is 15.4 Å². The predicted octanol–water partition coefficient (Wildman–Crippen LogP) is 4.44. The van der Waals surface area contributed by atoms with Crippen molar-refractivity contribution in [1.29, 1.82) is 0 Å². The lowest BCUT2D eigenvalue weighted by Gasteiger charge is -2.19. The molecule has 1 aliphatic heterocycles. The number of hydrogen-bond donors (Lipinski definition) is 2. The standard InChI is InChI=1S/C22H24N6O2S/c1-14(2)11-20(29)23-15-5-4-6-16(12-15)30-21-17-13-31-10-8-18(17)24-22(26-21)25-19-7-9-28(3)27-19/h4-7,9,11-12H,8,10,13H2,1-3H3,(H,23,29)(H,24,25,26,27). The van der Waals surface area contributed by atoms with E-state index < -0.39 is 0 Å². The number of carbonyl (C=O) groups is 1. The Morgan fingerprint density at radius 1 is 1.26 bits per heavy atom. The molecule has 0 aliphatic carbocycles. The number of thioether (sulfide) groups is 1. The summed E-state index contributed by atoms with van der Waals surface area (Å²) in [6.07, 6.45) is 4.26. The first kappa shape index (κ1) is 20.9. The van der Waals surface area contributed by atoms with E-state index in [2.05, 4.69) is 25.7 Å². The van der Waals surface area contributed by atoms with Crippen molar-refractivity contribution in [2.45, 2.75) is 26.0 Å². The van der Waals surface area contributed by atoms with Crippen LogP contribution in [0.15, 0.2) is 48.2 Å². The summed E-state index contributed by atoms with van der Waals surface area (Å²) in [5.74, 6) is 3.87. The SMILES string of the molecule is CC(C)=CC(=O)Nc1cccc(Oc2nc(Nc3ccn(C)n3)nc3c2CSCC3)c1. The van der Waals surface area contributed by atoms with Crippen LogP contribution in [0.3, 0.4) is 0 Å². The second-order valence-electron chi connectivity index (χ2n) is 7.42. The first-order chi connectivity index (χ1) is 15.0. The molecule has 1 aromatic carbocycles. The lowest BCUT2D eigenvalue weighted by atomic mass is 10.2. The molecule has 31 heavy (non-hydrogen) atoms. The molecule has 2 N–H and O–H groups in total. The van der Waals surface area contributed by atoms with Crippen molar-refractivity contribution in [3.05, 3.63) is 59.4 Å². The van der Waals surface area contributed by atoms with Gasteiger partial charge in [0.05, 0.1) is 5.69 Å². The van der Waals surface area contributed by atoms with Gasteiger partial charge in [0.25, 0.3) is 0 Å². The summed E-state index contributed by atoms with van der Waals surface area (Å²) in [5.41, 5.74) is 3.57. The lowest BCUT2D eigenvalue weighted by molar-refractivity contribution is -0.111. The minimum Gasteiger partial charge on any atom is -0.438 e. The molecule has 0 atom stereocenters. The van der Waals surface area contributed by atoms with Gasteiger partial charge in [-0.3, -0.25) is 9.48 Å². The second kappa shape index (κ2) is 9.22. The predicted molar refractivity (Wildman–Crippen MR) is 123 cm³/mol. The third-order valence-electron chi connectivity index (χ3n) is 4.47. The largest absolute Gasteiger partial charge is 0.438 e. The van der Waals surface area contributed by atoms with E-state index in [1.165, 1.54) is 0 Å². The average molecular weight is 437 g/mol. The van der Waals surface area contributed by atoms with E-state index in [0.29, 0.717) is 29.1 Å². The number of aryl methyl sites for hydroxylation is 2. The first-order valence-corrected chi connectivity index (χ1v) is 11.1. The average Bonchev–Trinajstić information content (AvgIpc) is 3.12. The molecule has 3 aromatic rings. The molecule has 0 unspecified atom stereocenters. The Morgan fingerprint density at radius 2 is 2.13 bits per heavy atom. The number of hydrogen-bond acceptors (Lipinski definition) is 7. The van der Waals surface area contributed by atoms with Crippen molar-refractivity contribution in [1.82, 2.24) is 19.7 Å². The molecule has 4 rings (SSSR count). The van der Waals surface area contributed by atoms with Crippen LogP contribution in [0, 0.1) is 0 Å². The van der Waals surface area contributed by atoms with Gasteiger partial charge in [-0.2, -0.15) is 21.8 Å². The van der Waals surface area contributed by atoms with Crippen molar-refractivity contribution >= 4 is 35.1 Å². The van der Waals surface area contributed by atoms with Crippen molar-refractivity contribution in [3.63, 3.8) is 0 Å². The zero-order valence-corrected chi connectivity index (χ0v) is 18.5. The number of ether oxygens (including phenoxy) is 1. The molecule has 0 bridgehead atoms. The molecule has 1 amide bonds. The Labute approximate surface area is 185 Å². The molecule has 160 valence electrons. The number of benzene rings is 1. The number of rotatable bonds is 6. The third-order valence-corrected chi connectivity index (χ3v) is 5.46. The summed E-state index contributed by atoms with van der Waals surface area (Å²) in [6, 6.07) is 9.14. The van der Waals surface area contributed by atoms with Crippen LogP contribution in [0.1, 0.15) is 25.1 Å². The van der Waals surface area contributed by atoms with Gasteiger partial charge >= 0.3 is 0 Å². The van der Waals surface area contributed by atoms with Crippen molar-refractivity contribution in [2.75, 3.05) is 16.4 Å². The van der Waals surface area contributed by atoms with Gasteiger partial charge in [-0.1, -0.05) is 11.6 Å². The van der Waals surface area contributed by atoms with E-state index >= 15 is 0 Å². The minimum atomic E-state index is -0.171. The summed E-state index contributed by atoms with van der Waals surface area (Å²) in [6.45, 7) is 3.76. The van der Waals surface area contributed by atoms with E-state index in [0.717, 1.165) is 34.8 Å². The number of allylic oxidation sites excluding steroid dienone is 1. The molecule has 9 heteroatoms. The summed E-state index contributed by atoms with van der Waals surface area (Å²) >= 11 is 1.83. The molecule has 8 nitrogen and oxygen atoms in total. The Hall–Kier alpha value is -3.33. The zero-order chi connectivity index (χ0) is 21.8. The van der Waals surface area contributed by atoms with Crippen molar-refractivity contribution < 1.29 is 9.53 Å². The van der Waals surface area contributed by atoms with Crippen LogP contribution in [0.4, 0.5) is 17.5 Å². The van der Waals surface area contributed by atoms with Crippen LogP contribution in [-0.2, 0) is 24.0 Å². The van der Waals surface area contributed by atoms with Crippen molar-refractivity contribution in [3.8, 4) is 11.6 Å². The molecule has 0 radical (unpaired) electrons. The molecular formula is C22H24N6O2S. The number of amides is 1. The van der Waals surface area contributed by atoms with E-state index in [-0.39, 0.29) is 5.91 Å². The summed E-state index contributed by atoms with van der Waals surface area (Å²) in [7, 11) is 1.86. The van der Waals surface area contributed by atoms with Crippen LogP contribution >= 0.6 is 11.8 Å². The third kappa shape index (κ3) is 5.43. The number of aromatic nitrogens is 4. The number of nitrogens with zero attached hydrogens (tertiary/aromatic N) is 4. The van der Waals surface area contributed by atoms with Gasteiger partial charge in [0, 0.05) is 48.5 Å². The molecule has 0 spiro atoms. The maximum absolute atomic E-state index is 12.0. The van der Waals surface area contributed by atoms with Crippen LogP contribution in [0.5, 0.6) is 11.6 Å². The molecular weight excluding hydrogens is 412 g/mol. The van der Waals surface area contributed by atoms with E-state index in [1.54, 1.807) is 16.8 Å². The topological polar surface area (TPSA) is 94.0 Å². The minimum absolute atomic E-state index is 0.171.